The first-order chi connectivity index (χ1) is 8.74. The van der Waals surface area contributed by atoms with Gasteiger partial charge in [-0.3, -0.25) is 4.79 Å². The first-order valence-corrected chi connectivity index (χ1v) is 7.41. The molecule has 0 aromatic heterocycles. The second kappa shape index (κ2) is 6.34. The molecular formula is C14H18BrNO2. The van der Waals surface area contributed by atoms with Crippen LogP contribution >= 0.6 is 15.9 Å². The van der Waals surface area contributed by atoms with E-state index in [9.17, 15) is 4.79 Å². The maximum Gasteiger partial charge on any atom is 0.253 e. The SMILES string of the molecule is O=C(c1ccc(CBr)cc1)N1CCC(CCO)C1. The number of alkyl halides is 1. The van der Waals surface area contributed by atoms with Crippen LogP contribution in [0.3, 0.4) is 0 Å². The molecule has 0 bridgehead atoms. The fraction of sp³-hybridized carbons (Fsp3) is 0.500. The third-order valence-electron chi connectivity index (χ3n) is 3.47. The van der Waals surface area contributed by atoms with Gasteiger partial charge in [-0.05, 0) is 36.5 Å². The summed E-state index contributed by atoms with van der Waals surface area (Å²) in [5.74, 6) is 0.567. The third-order valence-corrected chi connectivity index (χ3v) is 4.11. The normalized spacial score (nSPS) is 19.2. The summed E-state index contributed by atoms with van der Waals surface area (Å²) in [5.41, 5.74) is 1.93. The van der Waals surface area contributed by atoms with Crippen molar-refractivity contribution in [3.05, 3.63) is 35.4 Å². The van der Waals surface area contributed by atoms with Crippen molar-refractivity contribution in [2.75, 3.05) is 19.7 Å². The zero-order chi connectivity index (χ0) is 13.0. The van der Waals surface area contributed by atoms with Crippen molar-refractivity contribution in [3.8, 4) is 0 Å². The molecule has 1 N–H and O–H groups in total. The molecule has 4 heteroatoms. The molecule has 18 heavy (non-hydrogen) atoms. The Hall–Kier alpha value is -0.870. The van der Waals surface area contributed by atoms with Crippen LogP contribution in [0.1, 0.15) is 28.8 Å². The second-order valence-electron chi connectivity index (χ2n) is 4.75. The van der Waals surface area contributed by atoms with E-state index in [-0.39, 0.29) is 12.5 Å². The molecular weight excluding hydrogens is 294 g/mol. The van der Waals surface area contributed by atoms with Gasteiger partial charge in [-0.15, -0.1) is 0 Å². The molecule has 1 aromatic carbocycles. The zero-order valence-corrected chi connectivity index (χ0v) is 11.9. The molecule has 1 unspecified atom stereocenters. The first-order valence-electron chi connectivity index (χ1n) is 6.29. The van der Waals surface area contributed by atoms with Crippen molar-refractivity contribution in [1.82, 2.24) is 4.90 Å². The van der Waals surface area contributed by atoms with E-state index < -0.39 is 0 Å². The fourth-order valence-corrected chi connectivity index (χ4v) is 2.73. The van der Waals surface area contributed by atoms with Gasteiger partial charge in [0.15, 0.2) is 0 Å². The lowest BCUT2D eigenvalue weighted by molar-refractivity contribution is 0.0785. The summed E-state index contributed by atoms with van der Waals surface area (Å²) in [6.45, 7) is 1.80. The maximum absolute atomic E-state index is 12.2. The molecule has 98 valence electrons. The number of hydrogen-bond donors (Lipinski definition) is 1. The molecule has 1 amide bonds. The van der Waals surface area contributed by atoms with E-state index in [1.54, 1.807) is 0 Å². The number of nitrogens with zero attached hydrogens (tertiary/aromatic N) is 1. The van der Waals surface area contributed by atoms with E-state index in [1.807, 2.05) is 29.2 Å². The van der Waals surface area contributed by atoms with Gasteiger partial charge in [0.05, 0.1) is 0 Å². The number of halogens is 1. The van der Waals surface area contributed by atoms with Gasteiger partial charge in [-0.25, -0.2) is 0 Å². The number of aliphatic hydroxyl groups is 1. The minimum absolute atomic E-state index is 0.108. The van der Waals surface area contributed by atoms with Gasteiger partial charge < -0.3 is 10.0 Å². The van der Waals surface area contributed by atoms with Gasteiger partial charge >= 0.3 is 0 Å². The Balaban J connectivity index is 1.98. The molecule has 1 aliphatic rings. The molecule has 1 aromatic rings. The van der Waals surface area contributed by atoms with Crippen LogP contribution in [0.25, 0.3) is 0 Å². The molecule has 1 saturated heterocycles. The topological polar surface area (TPSA) is 40.5 Å². The lowest BCUT2D eigenvalue weighted by Crippen LogP contribution is -2.28. The van der Waals surface area contributed by atoms with Crippen LogP contribution in [-0.2, 0) is 5.33 Å². The van der Waals surface area contributed by atoms with Crippen LogP contribution in [0.15, 0.2) is 24.3 Å². The van der Waals surface area contributed by atoms with Gasteiger partial charge in [0.1, 0.15) is 0 Å². The number of carbonyl (C=O) groups is 1. The van der Waals surface area contributed by atoms with Crippen molar-refractivity contribution < 1.29 is 9.90 Å². The van der Waals surface area contributed by atoms with Crippen molar-refractivity contribution in [3.63, 3.8) is 0 Å². The first kappa shape index (κ1) is 13.6. The summed E-state index contributed by atoms with van der Waals surface area (Å²) in [5, 5.41) is 9.73. The van der Waals surface area contributed by atoms with Crippen LogP contribution in [0.5, 0.6) is 0 Å². The average molecular weight is 312 g/mol. The Kier molecular flexibility index (Phi) is 4.78. The lowest BCUT2D eigenvalue weighted by atomic mass is 10.1. The summed E-state index contributed by atoms with van der Waals surface area (Å²) in [7, 11) is 0. The molecule has 3 nitrogen and oxygen atoms in total. The lowest BCUT2D eigenvalue weighted by Gasteiger charge is -2.16. The number of benzene rings is 1. The van der Waals surface area contributed by atoms with E-state index in [1.165, 1.54) is 5.56 Å². The van der Waals surface area contributed by atoms with Crippen LogP contribution in [0.4, 0.5) is 0 Å². The van der Waals surface area contributed by atoms with Gasteiger partial charge in [0, 0.05) is 30.6 Å². The van der Waals surface area contributed by atoms with E-state index in [4.69, 9.17) is 5.11 Å². The van der Waals surface area contributed by atoms with Gasteiger partial charge in [0.25, 0.3) is 5.91 Å². The molecule has 1 atom stereocenters. The summed E-state index contributed by atoms with van der Waals surface area (Å²) in [6, 6.07) is 7.73. The van der Waals surface area contributed by atoms with Gasteiger partial charge in [-0.1, -0.05) is 28.1 Å². The number of carbonyl (C=O) groups excluding carboxylic acids is 1. The highest BCUT2D eigenvalue weighted by Gasteiger charge is 2.26. The monoisotopic (exact) mass is 311 g/mol. The van der Waals surface area contributed by atoms with Crippen molar-refractivity contribution in [1.29, 1.82) is 0 Å². The van der Waals surface area contributed by atoms with Crippen molar-refractivity contribution in [2.45, 2.75) is 18.2 Å². The van der Waals surface area contributed by atoms with Crippen molar-refractivity contribution >= 4 is 21.8 Å². The van der Waals surface area contributed by atoms with Crippen LogP contribution in [-0.4, -0.2) is 35.6 Å². The molecule has 0 radical (unpaired) electrons. The molecule has 0 saturated carbocycles. The highest BCUT2D eigenvalue weighted by molar-refractivity contribution is 9.08. The summed E-state index contributed by atoms with van der Waals surface area (Å²) >= 11 is 3.39. The van der Waals surface area contributed by atoms with Crippen LogP contribution in [0.2, 0.25) is 0 Å². The predicted octanol–water partition coefficient (Wildman–Crippen LogP) is 2.43. The van der Waals surface area contributed by atoms with Gasteiger partial charge in [-0.2, -0.15) is 0 Å². The minimum Gasteiger partial charge on any atom is -0.396 e. The van der Waals surface area contributed by atoms with E-state index in [2.05, 4.69) is 15.9 Å². The van der Waals surface area contributed by atoms with Crippen molar-refractivity contribution in [2.24, 2.45) is 5.92 Å². The fourth-order valence-electron chi connectivity index (χ4n) is 2.35. The maximum atomic E-state index is 12.2. The Morgan fingerprint density at radius 3 is 2.72 bits per heavy atom. The molecule has 1 fully saturated rings. The number of hydrogen-bond acceptors (Lipinski definition) is 2. The average Bonchev–Trinajstić information content (AvgIpc) is 2.87. The van der Waals surface area contributed by atoms with E-state index in [0.717, 1.165) is 36.8 Å². The summed E-state index contributed by atoms with van der Waals surface area (Å²) in [6.07, 6.45) is 1.80. The van der Waals surface area contributed by atoms with Crippen LogP contribution in [0, 0.1) is 5.92 Å². The Bertz CT molecular complexity index is 405. The Labute approximate surface area is 116 Å². The molecule has 0 aliphatic carbocycles. The molecule has 1 aliphatic heterocycles. The Morgan fingerprint density at radius 2 is 2.11 bits per heavy atom. The third kappa shape index (κ3) is 3.12. The Morgan fingerprint density at radius 1 is 1.39 bits per heavy atom. The number of amides is 1. The highest BCUT2D eigenvalue weighted by Crippen LogP contribution is 2.21. The smallest absolute Gasteiger partial charge is 0.253 e. The number of aliphatic hydroxyl groups excluding tert-OH is 1. The second-order valence-corrected chi connectivity index (χ2v) is 5.31. The largest absolute Gasteiger partial charge is 0.396 e. The molecule has 1 heterocycles. The standard InChI is InChI=1S/C14H18BrNO2/c15-9-11-1-3-13(4-2-11)14(18)16-7-5-12(10-16)6-8-17/h1-4,12,17H,5-10H2. The summed E-state index contributed by atoms with van der Waals surface area (Å²) < 4.78 is 0. The molecule has 2 rings (SSSR count). The highest BCUT2D eigenvalue weighted by atomic mass is 79.9. The zero-order valence-electron chi connectivity index (χ0n) is 10.3. The van der Waals surface area contributed by atoms with E-state index in [0.29, 0.717) is 5.92 Å². The van der Waals surface area contributed by atoms with E-state index >= 15 is 0 Å². The summed E-state index contributed by atoms with van der Waals surface area (Å²) in [4.78, 5) is 14.1. The van der Waals surface area contributed by atoms with Gasteiger partial charge in [0.2, 0.25) is 0 Å². The van der Waals surface area contributed by atoms with Crippen LogP contribution < -0.4 is 0 Å². The number of likely N-dealkylation sites (tertiary alicyclic amines) is 1. The minimum atomic E-state index is 0.108. The predicted molar refractivity (Wildman–Crippen MR) is 74.8 cm³/mol. The molecule has 0 spiro atoms. The number of rotatable bonds is 4. The quantitative estimate of drug-likeness (QED) is 0.868.